The van der Waals surface area contributed by atoms with Crippen LogP contribution in [0.3, 0.4) is 0 Å². The number of anilines is 2. The largest absolute Gasteiger partial charge is 0.403 e. The van der Waals surface area contributed by atoms with Gasteiger partial charge in [-0.1, -0.05) is 0 Å². The maximum Gasteiger partial charge on any atom is 0.278 e. The van der Waals surface area contributed by atoms with E-state index in [0.29, 0.717) is 11.6 Å². The van der Waals surface area contributed by atoms with Gasteiger partial charge in [0.1, 0.15) is 12.0 Å². The zero-order valence-electron chi connectivity index (χ0n) is 18.4. The van der Waals surface area contributed by atoms with Crippen molar-refractivity contribution in [3.05, 3.63) is 48.2 Å². The first-order chi connectivity index (χ1) is 16.0. The maximum atomic E-state index is 13.2. The highest BCUT2D eigenvalue weighted by Gasteiger charge is 2.30. The molecule has 0 spiro atoms. The quantitative estimate of drug-likeness (QED) is 0.403. The molecule has 2 aromatic rings. The van der Waals surface area contributed by atoms with Gasteiger partial charge >= 0.3 is 0 Å². The molecular weight excluding hydrogens is 424 g/mol. The molecule has 4 rings (SSSR count). The van der Waals surface area contributed by atoms with Crippen molar-refractivity contribution in [1.29, 1.82) is 0 Å². The Hall–Kier alpha value is -3.93. The summed E-state index contributed by atoms with van der Waals surface area (Å²) in [5.74, 6) is -0.453. The Balaban J connectivity index is 1.54. The SMILES string of the molecule is CN=C(C(=O)NC1CN(C)C1)C(=CN)NC(=O)c1nc(C2CC2)cnc1Nc1cncnc1. The smallest absolute Gasteiger partial charge is 0.278 e. The molecule has 5 N–H and O–H groups in total. The molecule has 1 aliphatic carbocycles. The summed E-state index contributed by atoms with van der Waals surface area (Å²) in [4.78, 5) is 48.9. The van der Waals surface area contributed by atoms with Crippen molar-refractivity contribution >= 4 is 29.0 Å². The van der Waals surface area contributed by atoms with Gasteiger partial charge in [-0.05, 0) is 19.9 Å². The van der Waals surface area contributed by atoms with Crippen molar-refractivity contribution in [2.75, 3.05) is 32.5 Å². The lowest BCUT2D eigenvalue weighted by atomic mass is 10.1. The number of hydrogen-bond donors (Lipinski definition) is 4. The number of rotatable bonds is 8. The van der Waals surface area contributed by atoms with Crippen LogP contribution in [0.4, 0.5) is 11.5 Å². The zero-order valence-corrected chi connectivity index (χ0v) is 18.4. The first kappa shape index (κ1) is 22.3. The lowest BCUT2D eigenvalue weighted by Gasteiger charge is -2.36. The van der Waals surface area contributed by atoms with E-state index in [9.17, 15) is 9.59 Å². The summed E-state index contributed by atoms with van der Waals surface area (Å²) in [6.07, 6.45) is 9.32. The minimum atomic E-state index is -0.571. The molecule has 0 unspecified atom stereocenters. The van der Waals surface area contributed by atoms with E-state index < -0.39 is 11.8 Å². The van der Waals surface area contributed by atoms with Gasteiger partial charge in [0, 0.05) is 32.3 Å². The molecule has 3 heterocycles. The van der Waals surface area contributed by atoms with Gasteiger partial charge < -0.3 is 26.6 Å². The Bertz CT molecular complexity index is 1090. The third-order valence-electron chi connectivity index (χ3n) is 5.33. The van der Waals surface area contributed by atoms with Crippen molar-refractivity contribution in [3.8, 4) is 0 Å². The van der Waals surface area contributed by atoms with Gasteiger partial charge in [0.2, 0.25) is 0 Å². The molecule has 2 fully saturated rings. The molecule has 2 aliphatic rings. The molecule has 0 atom stereocenters. The first-order valence-electron chi connectivity index (χ1n) is 10.6. The van der Waals surface area contributed by atoms with Crippen molar-refractivity contribution in [2.24, 2.45) is 10.7 Å². The second-order valence-corrected chi connectivity index (χ2v) is 8.02. The van der Waals surface area contributed by atoms with E-state index in [1.165, 1.54) is 13.4 Å². The van der Waals surface area contributed by atoms with Gasteiger partial charge in [-0.2, -0.15) is 0 Å². The predicted molar refractivity (Wildman–Crippen MR) is 122 cm³/mol. The Kier molecular flexibility index (Phi) is 6.54. The van der Waals surface area contributed by atoms with Gasteiger partial charge in [0.15, 0.2) is 11.5 Å². The van der Waals surface area contributed by atoms with Crippen LogP contribution < -0.4 is 21.7 Å². The molecule has 0 aromatic carbocycles. The monoisotopic (exact) mass is 450 g/mol. The number of aliphatic imine (C=N–C) groups is 1. The fourth-order valence-corrected chi connectivity index (χ4v) is 3.48. The van der Waals surface area contributed by atoms with Crippen LogP contribution in [-0.4, -0.2) is 75.6 Å². The van der Waals surface area contributed by atoms with Crippen LogP contribution in [0.5, 0.6) is 0 Å². The summed E-state index contributed by atoms with van der Waals surface area (Å²) in [7, 11) is 3.43. The van der Waals surface area contributed by atoms with E-state index in [1.54, 1.807) is 18.6 Å². The number of nitrogens with one attached hydrogen (secondary N) is 3. The van der Waals surface area contributed by atoms with E-state index in [1.807, 2.05) is 7.05 Å². The van der Waals surface area contributed by atoms with Gasteiger partial charge in [0.25, 0.3) is 11.8 Å². The molecule has 172 valence electrons. The lowest BCUT2D eigenvalue weighted by molar-refractivity contribution is -0.116. The predicted octanol–water partition coefficient (Wildman–Crippen LogP) is -0.0815. The van der Waals surface area contributed by atoms with Crippen molar-refractivity contribution in [2.45, 2.75) is 24.8 Å². The average Bonchev–Trinajstić information content (AvgIpc) is 3.64. The summed E-state index contributed by atoms with van der Waals surface area (Å²) in [5.41, 5.74) is 7.22. The zero-order chi connectivity index (χ0) is 23.4. The number of likely N-dealkylation sites (tertiary alicyclic amines) is 1. The minimum absolute atomic E-state index is 0.0256. The lowest BCUT2D eigenvalue weighted by Crippen LogP contribution is -2.59. The summed E-state index contributed by atoms with van der Waals surface area (Å²) in [5, 5.41) is 8.57. The van der Waals surface area contributed by atoms with Crippen molar-refractivity contribution < 1.29 is 9.59 Å². The normalized spacial score (nSPS) is 17.3. The molecule has 1 saturated heterocycles. The molecule has 33 heavy (non-hydrogen) atoms. The van der Waals surface area contributed by atoms with Gasteiger partial charge in [-0.15, -0.1) is 0 Å². The summed E-state index contributed by atoms with van der Waals surface area (Å²) >= 11 is 0. The highest BCUT2D eigenvalue weighted by Crippen LogP contribution is 2.39. The first-order valence-corrected chi connectivity index (χ1v) is 10.6. The van der Waals surface area contributed by atoms with Crippen molar-refractivity contribution in [1.82, 2.24) is 35.5 Å². The fourth-order valence-electron chi connectivity index (χ4n) is 3.48. The number of carbonyl (C=O) groups excluding carboxylic acids is 2. The van der Waals surface area contributed by atoms with E-state index >= 15 is 0 Å². The third kappa shape index (κ3) is 5.29. The van der Waals surface area contributed by atoms with Crippen LogP contribution in [0, 0.1) is 0 Å². The van der Waals surface area contributed by atoms with E-state index in [0.717, 1.165) is 37.8 Å². The highest BCUT2D eigenvalue weighted by molar-refractivity contribution is 6.45. The van der Waals surface area contributed by atoms with E-state index in [2.05, 4.69) is 45.8 Å². The Morgan fingerprint density at radius 1 is 1.21 bits per heavy atom. The van der Waals surface area contributed by atoms with Crippen LogP contribution in [0.2, 0.25) is 0 Å². The number of amides is 2. The Morgan fingerprint density at radius 3 is 2.55 bits per heavy atom. The average molecular weight is 451 g/mol. The number of hydrogen-bond acceptors (Lipinski definition) is 10. The number of aromatic nitrogens is 4. The second-order valence-electron chi connectivity index (χ2n) is 8.02. The van der Waals surface area contributed by atoms with Crippen LogP contribution in [-0.2, 0) is 4.79 Å². The van der Waals surface area contributed by atoms with Crippen LogP contribution in [0.15, 0.2) is 41.8 Å². The third-order valence-corrected chi connectivity index (χ3v) is 5.33. The minimum Gasteiger partial charge on any atom is -0.403 e. The number of nitrogens with two attached hydrogens (primary N) is 1. The molecule has 12 nitrogen and oxygen atoms in total. The summed E-state index contributed by atoms with van der Waals surface area (Å²) < 4.78 is 0. The van der Waals surface area contributed by atoms with Crippen LogP contribution in [0.1, 0.15) is 34.9 Å². The summed E-state index contributed by atoms with van der Waals surface area (Å²) in [6.45, 7) is 1.50. The topological polar surface area (TPSA) is 163 Å². The Labute approximate surface area is 190 Å². The van der Waals surface area contributed by atoms with Crippen LogP contribution >= 0.6 is 0 Å². The van der Waals surface area contributed by atoms with Crippen LogP contribution in [0.25, 0.3) is 0 Å². The molecule has 1 aliphatic heterocycles. The maximum absolute atomic E-state index is 13.2. The molecular formula is C21H26N10O2. The summed E-state index contributed by atoms with van der Waals surface area (Å²) in [6, 6.07) is 0.0268. The number of nitrogens with zero attached hydrogens (tertiary/aromatic N) is 6. The Morgan fingerprint density at radius 2 is 1.94 bits per heavy atom. The molecule has 2 amide bonds. The van der Waals surface area contributed by atoms with Gasteiger partial charge in [0.05, 0.1) is 41.7 Å². The standard InChI is InChI=1S/C21H26N10O2/c1-23-17(20(32)28-14-9-31(2)10-14)15(5-22)30-21(33)18-19(27-13-6-24-11-25-7-13)26-8-16(29-18)12-3-4-12/h5-8,11-12,14H,3-4,9-10,22H2,1-2H3,(H,26,27)(H,28,32)(H,30,33). The second kappa shape index (κ2) is 9.69. The molecule has 0 bridgehead atoms. The fraction of sp³-hybridized carbons (Fsp3) is 0.381. The van der Waals surface area contributed by atoms with E-state index in [-0.39, 0.29) is 29.0 Å². The molecule has 1 saturated carbocycles. The highest BCUT2D eigenvalue weighted by atomic mass is 16.2. The molecule has 0 radical (unpaired) electrons. The van der Waals surface area contributed by atoms with E-state index in [4.69, 9.17) is 5.73 Å². The van der Waals surface area contributed by atoms with Crippen molar-refractivity contribution in [3.63, 3.8) is 0 Å². The number of carbonyl (C=O) groups is 2. The van der Waals surface area contributed by atoms with Gasteiger partial charge in [-0.25, -0.2) is 19.9 Å². The molecule has 12 heteroatoms. The number of likely N-dealkylation sites (N-methyl/N-ethyl adjacent to an activating group) is 1. The van der Waals surface area contributed by atoms with Gasteiger partial charge in [-0.3, -0.25) is 14.6 Å². The molecule has 2 aromatic heterocycles.